The first-order valence-corrected chi connectivity index (χ1v) is 9.50. The molecule has 0 amide bonds. The van der Waals surface area contributed by atoms with Crippen LogP contribution in [0.3, 0.4) is 0 Å². The first-order chi connectivity index (χ1) is 12.5. The number of carbonyl (C=O) groups is 1. The van der Waals surface area contributed by atoms with E-state index in [0.717, 1.165) is 16.7 Å². The molecule has 4 rings (SSSR count). The zero-order chi connectivity index (χ0) is 18.1. The van der Waals surface area contributed by atoms with Crippen molar-refractivity contribution in [2.75, 3.05) is 4.72 Å². The van der Waals surface area contributed by atoms with Gasteiger partial charge in [-0.25, -0.2) is 13.2 Å². The SMILES string of the molecule is O=C1OCc2ccc(NS(=O)(=O)c3ccc(-c4ccccc4)cc3)cc21. The minimum absolute atomic E-state index is 0.153. The van der Waals surface area contributed by atoms with Crippen LogP contribution in [-0.4, -0.2) is 14.4 Å². The van der Waals surface area contributed by atoms with E-state index in [9.17, 15) is 13.2 Å². The van der Waals surface area contributed by atoms with E-state index < -0.39 is 16.0 Å². The fourth-order valence-corrected chi connectivity index (χ4v) is 3.90. The Morgan fingerprint density at radius 2 is 1.54 bits per heavy atom. The van der Waals surface area contributed by atoms with Crippen LogP contribution in [0.1, 0.15) is 15.9 Å². The summed E-state index contributed by atoms with van der Waals surface area (Å²) in [6, 6.07) is 21.2. The van der Waals surface area contributed by atoms with Crippen LogP contribution in [0.25, 0.3) is 11.1 Å². The van der Waals surface area contributed by atoms with E-state index >= 15 is 0 Å². The molecule has 6 heteroatoms. The molecule has 0 aromatic heterocycles. The number of sulfonamides is 1. The van der Waals surface area contributed by atoms with E-state index in [1.54, 1.807) is 36.4 Å². The standard InChI is InChI=1S/C20H15NO4S/c22-20-19-12-17(9-6-16(19)13-25-20)21-26(23,24)18-10-7-15(8-11-18)14-4-2-1-3-5-14/h1-12,21H,13H2. The molecule has 130 valence electrons. The van der Waals surface area contributed by atoms with Gasteiger partial charge in [0, 0.05) is 11.3 Å². The topological polar surface area (TPSA) is 72.5 Å². The summed E-state index contributed by atoms with van der Waals surface area (Å²) in [5, 5.41) is 0. The van der Waals surface area contributed by atoms with E-state index in [4.69, 9.17) is 4.74 Å². The van der Waals surface area contributed by atoms with E-state index in [2.05, 4.69) is 4.72 Å². The van der Waals surface area contributed by atoms with Crippen molar-refractivity contribution in [1.29, 1.82) is 0 Å². The largest absolute Gasteiger partial charge is 0.457 e. The third-order valence-corrected chi connectivity index (χ3v) is 5.61. The van der Waals surface area contributed by atoms with Gasteiger partial charge in [0.2, 0.25) is 0 Å². The number of hydrogen-bond acceptors (Lipinski definition) is 4. The van der Waals surface area contributed by atoms with Gasteiger partial charge < -0.3 is 4.74 Å². The van der Waals surface area contributed by atoms with Gasteiger partial charge in [0.05, 0.1) is 10.5 Å². The fraction of sp³-hybridized carbons (Fsp3) is 0.0500. The molecule has 0 unspecified atom stereocenters. The van der Waals surface area contributed by atoms with Crippen LogP contribution < -0.4 is 4.72 Å². The normalized spacial score (nSPS) is 13.2. The monoisotopic (exact) mass is 365 g/mol. The molecule has 1 aliphatic heterocycles. The summed E-state index contributed by atoms with van der Waals surface area (Å²) in [4.78, 5) is 11.8. The number of fused-ring (bicyclic) bond motifs is 1. The Balaban J connectivity index is 1.59. The Labute approximate surface area is 151 Å². The molecule has 0 bridgehead atoms. The van der Waals surface area contributed by atoms with E-state index in [-0.39, 0.29) is 11.5 Å². The smallest absolute Gasteiger partial charge is 0.338 e. The summed E-state index contributed by atoms with van der Waals surface area (Å²) >= 11 is 0. The fourth-order valence-electron chi connectivity index (χ4n) is 2.85. The average Bonchev–Trinajstić information content (AvgIpc) is 3.03. The zero-order valence-corrected chi connectivity index (χ0v) is 14.5. The molecule has 0 atom stereocenters. The van der Waals surface area contributed by atoms with Crippen LogP contribution in [-0.2, 0) is 21.4 Å². The Morgan fingerprint density at radius 1 is 0.846 bits per heavy atom. The molecule has 5 nitrogen and oxygen atoms in total. The lowest BCUT2D eigenvalue weighted by molar-refractivity contribution is 0.0535. The van der Waals surface area contributed by atoms with Gasteiger partial charge in [-0.1, -0.05) is 48.5 Å². The van der Waals surface area contributed by atoms with Gasteiger partial charge in [-0.05, 0) is 35.4 Å². The minimum atomic E-state index is -3.75. The number of rotatable bonds is 4. The Hall–Kier alpha value is -3.12. The Bertz CT molecular complexity index is 1070. The maximum absolute atomic E-state index is 12.6. The number of cyclic esters (lactones) is 1. The summed E-state index contributed by atoms with van der Waals surface area (Å²) in [6.45, 7) is 0.224. The van der Waals surface area contributed by atoms with Crippen molar-refractivity contribution in [3.05, 3.63) is 83.9 Å². The number of benzene rings is 3. The van der Waals surface area contributed by atoms with Crippen molar-refractivity contribution >= 4 is 21.7 Å². The Morgan fingerprint density at radius 3 is 2.27 bits per heavy atom. The van der Waals surface area contributed by atoms with Crippen LogP contribution in [0.5, 0.6) is 0 Å². The summed E-state index contributed by atoms with van der Waals surface area (Å²) < 4.78 is 32.6. The van der Waals surface area contributed by atoms with Crippen LogP contribution >= 0.6 is 0 Å². The summed E-state index contributed by atoms with van der Waals surface area (Å²) in [7, 11) is -3.75. The molecular formula is C20H15NO4S. The van der Waals surface area contributed by atoms with Crippen molar-refractivity contribution in [2.45, 2.75) is 11.5 Å². The van der Waals surface area contributed by atoms with Gasteiger partial charge >= 0.3 is 5.97 Å². The molecule has 0 radical (unpaired) electrons. The third kappa shape index (κ3) is 3.07. The number of carbonyl (C=O) groups excluding carboxylic acids is 1. The maximum Gasteiger partial charge on any atom is 0.338 e. The van der Waals surface area contributed by atoms with Gasteiger partial charge in [-0.3, -0.25) is 4.72 Å². The van der Waals surface area contributed by atoms with Crippen molar-refractivity contribution in [3.8, 4) is 11.1 Å². The molecule has 0 fully saturated rings. The molecule has 1 heterocycles. The molecule has 1 aliphatic rings. The minimum Gasteiger partial charge on any atom is -0.457 e. The lowest BCUT2D eigenvalue weighted by atomic mass is 10.1. The van der Waals surface area contributed by atoms with Gasteiger partial charge in [0.1, 0.15) is 6.61 Å². The highest BCUT2D eigenvalue weighted by molar-refractivity contribution is 7.92. The molecule has 0 spiro atoms. The van der Waals surface area contributed by atoms with E-state index in [1.165, 1.54) is 6.07 Å². The van der Waals surface area contributed by atoms with Gasteiger partial charge in [-0.15, -0.1) is 0 Å². The molecule has 0 saturated heterocycles. The number of hydrogen-bond donors (Lipinski definition) is 1. The summed E-state index contributed by atoms with van der Waals surface area (Å²) in [5.74, 6) is -0.437. The highest BCUT2D eigenvalue weighted by Crippen LogP contribution is 2.26. The van der Waals surface area contributed by atoms with Crippen molar-refractivity contribution in [3.63, 3.8) is 0 Å². The molecule has 0 saturated carbocycles. The highest BCUT2D eigenvalue weighted by Gasteiger charge is 2.22. The molecule has 3 aromatic carbocycles. The second-order valence-electron chi connectivity index (χ2n) is 5.94. The second-order valence-corrected chi connectivity index (χ2v) is 7.63. The van der Waals surface area contributed by atoms with Gasteiger partial charge in [0.15, 0.2) is 0 Å². The van der Waals surface area contributed by atoms with Crippen LogP contribution in [0, 0.1) is 0 Å². The second kappa shape index (κ2) is 6.31. The Kier molecular flexibility index (Phi) is 3.97. The summed E-state index contributed by atoms with van der Waals surface area (Å²) in [5.41, 5.74) is 3.43. The predicted molar refractivity (Wildman–Crippen MR) is 98.2 cm³/mol. The van der Waals surface area contributed by atoms with Crippen LogP contribution in [0.4, 0.5) is 5.69 Å². The molecular weight excluding hydrogens is 350 g/mol. The number of nitrogens with one attached hydrogen (secondary N) is 1. The van der Waals surface area contributed by atoms with Crippen molar-refractivity contribution in [1.82, 2.24) is 0 Å². The van der Waals surface area contributed by atoms with E-state index in [1.807, 2.05) is 30.3 Å². The molecule has 26 heavy (non-hydrogen) atoms. The molecule has 1 N–H and O–H groups in total. The van der Waals surface area contributed by atoms with Crippen LogP contribution in [0.2, 0.25) is 0 Å². The van der Waals surface area contributed by atoms with Crippen LogP contribution in [0.15, 0.2) is 77.7 Å². The zero-order valence-electron chi connectivity index (χ0n) is 13.7. The number of anilines is 1. The van der Waals surface area contributed by atoms with Crippen molar-refractivity contribution < 1.29 is 17.9 Å². The third-order valence-electron chi connectivity index (χ3n) is 4.21. The quantitative estimate of drug-likeness (QED) is 0.713. The highest BCUT2D eigenvalue weighted by atomic mass is 32.2. The first kappa shape index (κ1) is 16.4. The number of ether oxygens (including phenoxy) is 1. The first-order valence-electron chi connectivity index (χ1n) is 8.01. The van der Waals surface area contributed by atoms with Gasteiger partial charge in [0.25, 0.3) is 10.0 Å². The lowest BCUT2D eigenvalue weighted by Gasteiger charge is -2.10. The lowest BCUT2D eigenvalue weighted by Crippen LogP contribution is -2.13. The summed E-state index contributed by atoms with van der Waals surface area (Å²) in [6.07, 6.45) is 0. The van der Waals surface area contributed by atoms with E-state index in [0.29, 0.717) is 11.3 Å². The number of esters is 1. The average molecular weight is 365 g/mol. The molecule has 3 aromatic rings. The van der Waals surface area contributed by atoms with Crippen molar-refractivity contribution in [2.24, 2.45) is 0 Å². The maximum atomic E-state index is 12.6. The van der Waals surface area contributed by atoms with Gasteiger partial charge in [-0.2, -0.15) is 0 Å². The molecule has 0 aliphatic carbocycles. The predicted octanol–water partition coefficient (Wildman–Crippen LogP) is 3.82.